The maximum absolute atomic E-state index is 12.7. The minimum Gasteiger partial charge on any atom is -0.494 e. The van der Waals surface area contributed by atoms with Crippen molar-refractivity contribution in [2.75, 3.05) is 0 Å². The van der Waals surface area contributed by atoms with Gasteiger partial charge in [0.05, 0.1) is 21.2 Å². The number of non-ortho nitro benzene ring substituents is 1. The summed E-state index contributed by atoms with van der Waals surface area (Å²) < 4.78 is 1.14. The predicted octanol–water partition coefficient (Wildman–Crippen LogP) is 4.29. The van der Waals surface area contributed by atoms with Crippen molar-refractivity contribution in [3.63, 3.8) is 0 Å². The molecule has 0 fully saturated rings. The third-order valence-corrected chi connectivity index (χ3v) is 5.09. The molecule has 1 aromatic heterocycles. The molecule has 0 aliphatic rings. The summed E-state index contributed by atoms with van der Waals surface area (Å²) in [5.74, 6) is -0.320. The van der Waals surface area contributed by atoms with Crippen LogP contribution in [0.15, 0.2) is 58.3 Å². The quantitative estimate of drug-likeness (QED) is 0.351. The van der Waals surface area contributed by atoms with Gasteiger partial charge in [0, 0.05) is 24.9 Å². The fraction of sp³-hybridized carbons (Fsp3) is 0.136. The van der Waals surface area contributed by atoms with Crippen LogP contribution >= 0.6 is 11.6 Å². The number of aryl methyl sites for hydroxylation is 1. The molecule has 31 heavy (non-hydrogen) atoms. The number of aromatic nitrogens is 1. The fourth-order valence-electron chi connectivity index (χ4n) is 3.07. The number of aromatic hydroxyl groups is 1. The smallest absolute Gasteiger partial charge is 0.271 e. The zero-order valence-electron chi connectivity index (χ0n) is 16.4. The first kappa shape index (κ1) is 21.7. The van der Waals surface area contributed by atoms with Crippen LogP contribution in [0.25, 0.3) is 0 Å². The Morgan fingerprint density at radius 3 is 2.61 bits per heavy atom. The summed E-state index contributed by atoms with van der Waals surface area (Å²) in [5, 5.41) is 31.1. The first-order chi connectivity index (χ1) is 14.8. The molecule has 0 aliphatic heterocycles. The van der Waals surface area contributed by atoms with E-state index in [2.05, 4.69) is 4.99 Å². The normalized spacial score (nSPS) is 10.9. The van der Waals surface area contributed by atoms with Crippen molar-refractivity contribution >= 4 is 29.2 Å². The molecule has 156 valence electrons. The molecular formula is C22H17ClN4O4. The van der Waals surface area contributed by atoms with Crippen LogP contribution in [-0.2, 0) is 13.0 Å². The van der Waals surface area contributed by atoms with E-state index in [0.717, 1.165) is 10.1 Å². The SMILES string of the molecule is Cc1c(C=Nc2ccc([N+](=O)[O-])cc2Cl)c(O)n(CCc2ccccc2)c(=O)c1C#N. The van der Waals surface area contributed by atoms with Crippen molar-refractivity contribution in [1.82, 2.24) is 4.57 Å². The Kier molecular flexibility index (Phi) is 6.48. The van der Waals surface area contributed by atoms with Crippen molar-refractivity contribution in [3.8, 4) is 11.9 Å². The molecule has 0 bridgehead atoms. The van der Waals surface area contributed by atoms with Crippen LogP contribution in [0.2, 0.25) is 5.02 Å². The molecule has 0 aliphatic carbocycles. The molecule has 0 amide bonds. The van der Waals surface area contributed by atoms with Gasteiger partial charge in [-0.2, -0.15) is 5.26 Å². The summed E-state index contributed by atoms with van der Waals surface area (Å²) in [5.41, 5.74) is 0.832. The maximum atomic E-state index is 12.7. The van der Waals surface area contributed by atoms with Crippen LogP contribution in [0.1, 0.15) is 22.3 Å². The van der Waals surface area contributed by atoms with Crippen molar-refractivity contribution in [2.45, 2.75) is 19.9 Å². The lowest BCUT2D eigenvalue weighted by atomic mass is 10.1. The summed E-state index contributed by atoms with van der Waals surface area (Å²) in [6, 6.07) is 15.1. The third kappa shape index (κ3) is 4.63. The second-order valence-corrected chi connectivity index (χ2v) is 7.10. The number of nitro benzene ring substituents is 1. The van der Waals surface area contributed by atoms with Gasteiger partial charge in [-0.3, -0.25) is 24.5 Å². The van der Waals surface area contributed by atoms with Crippen LogP contribution in [0.5, 0.6) is 5.88 Å². The number of pyridine rings is 1. The lowest BCUT2D eigenvalue weighted by Gasteiger charge is -2.14. The van der Waals surface area contributed by atoms with Crippen LogP contribution in [-0.4, -0.2) is 20.8 Å². The molecule has 1 N–H and O–H groups in total. The van der Waals surface area contributed by atoms with Gasteiger partial charge in [-0.25, -0.2) is 0 Å². The fourth-order valence-corrected chi connectivity index (χ4v) is 3.29. The number of benzene rings is 2. The van der Waals surface area contributed by atoms with Crippen LogP contribution in [0.4, 0.5) is 11.4 Å². The van der Waals surface area contributed by atoms with Crippen LogP contribution < -0.4 is 5.56 Å². The Labute approximate surface area is 182 Å². The summed E-state index contributed by atoms with van der Waals surface area (Å²) in [6.45, 7) is 1.71. The number of hydrogen-bond acceptors (Lipinski definition) is 6. The zero-order chi connectivity index (χ0) is 22.5. The summed E-state index contributed by atoms with van der Waals surface area (Å²) in [4.78, 5) is 27.2. The van der Waals surface area contributed by atoms with Crippen LogP contribution in [0, 0.1) is 28.4 Å². The number of hydrogen-bond donors (Lipinski definition) is 1. The number of nitrogens with zero attached hydrogens (tertiary/aromatic N) is 4. The molecule has 9 heteroatoms. The standard InChI is InChI=1S/C22H17ClN4O4/c1-14-17(12-24)21(28)26(10-9-15-5-3-2-4-6-15)22(29)18(14)13-25-20-8-7-16(27(30)31)11-19(20)23/h2-8,11,13,29H,9-10H2,1H3. The monoisotopic (exact) mass is 436 g/mol. The second kappa shape index (κ2) is 9.24. The summed E-state index contributed by atoms with van der Waals surface area (Å²) >= 11 is 6.06. The van der Waals surface area contributed by atoms with Gasteiger partial charge in [-0.15, -0.1) is 0 Å². The average Bonchev–Trinajstić information content (AvgIpc) is 2.75. The van der Waals surface area contributed by atoms with Gasteiger partial charge in [-0.1, -0.05) is 41.9 Å². The predicted molar refractivity (Wildman–Crippen MR) is 117 cm³/mol. The molecule has 1 heterocycles. The Balaban J connectivity index is 2.02. The molecule has 0 saturated carbocycles. The minimum absolute atomic E-state index is 0.0560. The van der Waals surface area contributed by atoms with Gasteiger partial charge in [0.1, 0.15) is 11.6 Å². The van der Waals surface area contributed by atoms with E-state index < -0.39 is 10.5 Å². The van der Waals surface area contributed by atoms with Gasteiger partial charge in [0.15, 0.2) is 0 Å². The van der Waals surface area contributed by atoms with E-state index in [9.17, 15) is 25.3 Å². The van der Waals surface area contributed by atoms with Gasteiger partial charge in [0.25, 0.3) is 11.2 Å². The molecule has 8 nitrogen and oxygen atoms in total. The molecular weight excluding hydrogens is 420 g/mol. The van der Waals surface area contributed by atoms with Crippen molar-refractivity contribution in [3.05, 3.63) is 96.3 Å². The molecule has 0 unspecified atom stereocenters. The van der Waals surface area contributed by atoms with E-state index in [1.807, 2.05) is 36.4 Å². The van der Waals surface area contributed by atoms with E-state index in [4.69, 9.17) is 11.6 Å². The van der Waals surface area contributed by atoms with Gasteiger partial charge >= 0.3 is 0 Å². The largest absolute Gasteiger partial charge is 0.494 e. The highest BCUT2D eigenvalue weighted by Crippen LogP contribution is 2.29. The highest BCUT2D eigenvalue weighted by molar-refractivity contribution is 6.33. The molecule has 0 atom stereocenters. The zero-order valence-corrected chi connectivity index (χ0v) is 17.2. The third-order valence-electron chi connectivity index (χ3n) is 4.79. The Morgan fingerprint density at radius 2 is 2.00 bits per heavy atom. The number of nitro groups is 1. The highest BCUT2D eigenvalue weighted by Gasteiger charge is 2.18. The van der Waals surface area contributed by atoms with E-state index in [1.54, 1.807) is 6.92 Å². The lowest BCUT2D eigenvalue weighted by Crippen LogP contribution is -2.26. The van der Waals surface area contributed by atoms with Crippen molar-refractivity contribution in [1.29, 1.82) is 5.26 Å². The van der Waals surface area contributed by atoms with E-state index in [0.29, 0.717) is 6.42 Å². The first-order valence-corrected chi connectivity index (χ1v) is 9.59. The molecule has 3 aromatic rings. The Morgan fingerprint density at radius 1 is 1.29 bits per heavy atom. The van der Waals surface area contributed by atoms with Crippen LogP contribution in [0.3, 0.4) is 0 Å². The summed E-state index contributed by atoms with van der Waals surface area (Å²) in [6.07, 6.45) is 1.77. The average molecular weight is 437 g/mol. The van der Waals surface area contributed by atoms with E-state index >= 15 is 0 Å². The molecule has 3 rings (SSSR count). The van der Waals surface area contributed by atoms with Gasteiger partial charge < -0.3 is 5.11 Å². The lowest BCUT2D eigenvalue weighted by molar-refractivity contribution is -0.384. The first-order valence-electron chi connectivity index (χ1n) is 9.22. The Bertz CT molecular complexity index is 1280. The molecule has 0 saturated heterocycles. The second-order valence-electron chi connectivity index (χ2n) is 6.69. The van der Waals surface area contributed by atoms with Crippen molar-refractivity contribution < 1.29 is 10.0 Å². The van der Waals surface area contributed by atoms with Gasteiger partial charge in [0.2, 0.25) is 5.88 Å². The topological polar surface area (TPSA) is 122 Å². The minimum atomic E-state index is -0.584. The summed E-state index contributed by atoms with van der Waals surface area (Å²) in [7, 11) is 0. The molecule has 0 spiro atoms. The number of aliphatic imine (C=N–C) groups is 1. The number of nitriles is 1. The van der Waals surface area contributed by atoms with E-state index in [1.165, 1.54) is 24.4 Å². The number of halogens is 1. The number of rotatable bonds is 6. The Hall–Kier alpha value is -3.96. The van der Waals surface area contributed by atoms with E-state index in [-0.39, 0.29) is 45.5 Å². The maximum Gasteiger partial charge on any atom is 0.271 e. The van der Waals surface area contributed by atoms with Crippen molar-refractivity contribution in [2.24, 2.45) is 4.99 Å². The van der Waals surface area contributed by atoms with Gasteiger partial charge in [-0.05, 0) is 30.5 Å². The molecule has 2 aromatic carbocycles. The highest BCUT2D eigenvalue weighted by atomic mass is 35.5. The molecule has 0 radical (unpaired) electrons.